The number of hydrogen-bond acceptors (Lipinski definition) is 5. The Kier molecular flexibility index (Phi) is 6.62. The molecular weight excluding hydrogens is 415 g/mol. The van der Waals surface area contributed by atoms with E-state index in [1.165, 1.54) is 17.0 Å². The summed E-state index contributed by atoms with van der Waals surface area (Å²) in [5.74, 6) is 0.325. The highest BCUT2D eigenvalue weighted by molar-refractivity contribution is 8.14. The molecule has 1 aromatic heterocycles. The van der Waals surface area contributed by atoms with E-state index in [0.29, 0.717) is 18.6 Å². The maximum Gasteiger partial charge on any atom is 0.289 e. The molecule has 1 fully saturated rings. The van der Waals surface area contributed by atoms with Crippen molar-refractivity contribution in [3.05, 3.63) is 84.4 Å². The van der Waals surface area contributed by atoms with Gasteiger partial charge in [-0.2, -0.15) is 0 Å². The van der Waals surface area contributed by atoms with Crippen molar-refractivity contribution in [2.24, 2.45) is 0 Å². The average molecular weight is 437 g/mol. The average Bonchev–Trinajstić information content (AvgIpc) is 3.13. The standard InChI is InChI=1S/C24H21FN2O3S/c25-20-5-1-4-19(13-20)18-7-10-22(11-8-18)30-15-21(27-23(28)16-31-24(27)29)9-6-17-3-2-12-26-14-17/h1-5,7-8,10-14,21H,6,9,15-16H2/t21-/m1/s1. The van der Waals surface area contributed by atoms with Crippen LogP contribution in [-0.4, -0.2) is 39.4 Å². The second-order valence-electron chi connectivity index (χ2n) is 7.22. The van der Waals surface area contributed by atoms with Crippen LogP contribution in [0.4, 0.5) is 9.18 Å². The minimum atomic E-state index is -0.363. The second-order valence-corrected chi connectivity index (χ2v) is 8.14. The number of amides is 2. The highest BCUT2D eigenvalue weighted by atomic mass is 32.2. The van der Waals surface area contributed by atoms with Gasteiger partial charge in [-0.3, -0.25) is 19.5 Å². The van der Waals surface area contributed by atoms with Crippen LogP contribution in [0.1, 0.15) is 12.0 Å². The summed E-state index contributed by atoms with van der Waals surface area (Å²) < 4.78 is 19.4. The summed E-state index contributed by atoms with van der Waals surface area (Å²) in [6.07, 6.45) is 4.76. The summed E-state index contributed by atoms with van der Waals surface area (Å²) >= 11 is 1.02. The van der Waals surface area contributed by atoms with Crippen LogP contribution < -0.4 is 4.74 Å². The predicted octanol–water partition coefficient (Wildman–Crippen LogP) is 4.96. The third-order valence-electron chi connectivity index (χ3n) is 5.09. The lowest BCUT2D eigenvalue weighted by Crippen LogP contribution is -2.43. The third kappa shape index (κ3) is 5.30. The monoisotopic (exact) mass is 436 g/mol. The van der Waals surface area contributed by atoms with E-state index < -0.39 is 0 Å². The van der Waals surface area contributed by atoms with Crippen LogP contribution in [0.15, 0.2) is 73.1 Å². The van der Waals surface area contributed by atoms with E-state index >= 15 is 0 Å². The number of nitrogens with zero attached hydrogens (tertiary/aromatic N) is 2. The van der Waals surface area contributed by atoms with Crippen LogP contribution in [0.2, 0.25) is 0 Å². The number of imide groups is 1. The van der Waals surface area contributed by atoms with Crippen LogP contribution in [0.3, 0.4) is 0 Å². The van der Waals surface area contributed by atoms with Crippen LogP contribution in [0, 0.1) is 5.82 Å². The first-order valence-corrected chi connectivity index (χ1v) is 11.0. The summed E-state index contributed by atoms with van der Waals surface area (Å²) in [6, 6.07) is 17.2. The van der Waals surface area contributed by atoms with Gasteiger partial charge in [-0.1, -0.05) is 42.1 Å². The zero-order valence-corrected chi connectivity index (χ0v) is 17.6. The van der Waals surface area contributed by atoms with Crippen molar-refractivity contribution >= 4 is 22.9 Å². The van der Waals surface area contributed by atoms with Gasteiger partial charge in [0.1, 0.15) is 18.2 Å². The van der Waals surface area contributed by atoms with E-state index in [4.69, 9.17) is 4.74 Å². The molecule has 0 N–H and O–H groups in total. The molecule has 2 amide bonds. The number of thioether (sulfide) groups is 1. The van der Waals surface area contributed by atoms with E-state index in [0.717, 1.165) is 28.5 Å². The lowest BCUT2D eigenvalue weighted by molar-refractivity contribution is -0.126. The first-order valence-electron chi connectivity index (χ1n) is 9.96. The van der Waals surface area contributed by atoms with Gasteiger partial charge in [0.05, 0.1) is 11.8 Å². The third-order valence-corrected chi connectivity index (χ3v) is 5.93. The van der Waals surface area contributed by atoms with Crippen molar-refractivity contribution in [3.8, 4) is 16.9 Å². The molecule has 1 aliphatic heterocycles. The molecule has 31 heavy (non-hydrogen) atoms. The van der Waals surface area contributed by atoms with Crippen molar-refractivity contribution in [1.82, 2.24) is 9.88 Å². The molecule has 1 atom stereocenters. The van der Waals surface area contributed by atoms with E-state index in [-0.39, 0.29) is 35.4 Å². The highest BCUT2D eigenvalue weighted by Gasteiger charge is 2.36. The van der Waals surface area contributed by atoms with Gasteiger partial charge in [0.15, 0.2) is 0 Å². The summed E-state index contributed by atoms with van der Waals surface area (Å²) in [5, 5.41) is -0.230. The largest absolute Gasteiger partial charge is 0.491 e. The highest BCUT2D eigenvalue weighted by Crippen LogP contribution is 2.26. The molecule has 2 aromatic carbocycles. The molecule has 4 rings (SSSR count). The van der Waals surface area contributed by atoms with Crippen LogP contribution in [0.5, 0.6) is 5.75 Å². The first kappa shape index (κ1) is 21.1. The summed E-state index contributed by atoms with van der Waals surface area (Å²) in [6.45, 7) is 0.206. The molecule has 5 nitrogen and oxygen atoms in total. The zero-order chi connectivity index (χ0) is 21.6. The van der Waals surface area contributed by atoms with Crippen molar-refractivity contribution in [3.63, 3.8) is 0 Å². The Morgan fingerprint density at radius 2 is 1.90 bits per heavy atom. The number of rotatable bonds is 8. The maximum atomic E-state index is 13.5. The minimum Gasteiger partial charge on any atom is -0.491 e. The Hall–Kier alpha value is -3.19. The van der Waals surface area contributed by atoms with Crippen molar-refractivity contribution in [2.75, 3.05) is 12.4 Å². The van der Waals surface area contributed by atoms with Gasteiger partial charge >= 0.3 is 0 Å². The first-order chi connectivity index (χ1) is 15.1. The molecule has 0 spiro atoms. The van der Waals surface area contributed by atoms with Gasteiger partial charge in [-0.15, -0.1) is 0 Å². The van der Waals surface area contributed by atoms with Crippen LogP contribution >= 0.6 is 11.8 Å². The van der Waals surface area contributed by atoms with Gasteiger partial charge in [0.2, 0.25) is 5.91 Å². The van der Waals surface area contributed by atoms with Gasteiger partial charge in [-0.25, -0.2) is 4.39 Å². The van der Waals surface area contributed by atoms with E-state index in [1.807, 2.05) is 30.3 Å². The normalized spacial score (nSPS) is 14.7. The number of halogens is 1. The molecule has 0 radical (unpaired) electrons. The predicted molar refractivity (Wildman–Crippen MR) is 118 cm³/mol. The molecule has 0 aliphatic carbocycles. The van der Waals surface area contributed by atoms with Gasteiger partial charge in [0, 0.05) is 12.4 Å². The fraction of sp³-hybridized carbons (Fsp3) is 0.208. The van der Waals surface area contributed by atoms with Gasteiger partial charge in [-0.05, 0) is 59.9 Å². The smallest absolute Gasteiger partial charge is 0.289 e. The van der Waals surface area contributed by atoms with Crippen LogP contribution in [-0.2, 0) is 11.2 Å². The summed E-state index contributed by atoms with van der Waals surface area (Å²) in [7, 11) is 0. The number of carbonyl (C=O) groups excluding carboxylic acids is 2. The molecule has 7 heteroatoms. The number of carbonyl (C=O) groups is 2. The molecule has 0 unspecified atom stereocenters. The molecule has 3 aromatic rings. The number of ether oxygens (including phenoxy) is 1. The number of aryl methyl sites for hydroxylation is 1. The molecule has 1 saturated heterocycles. The van der Waals surface area contributed by atoms with Gasteiger partial charge in [0.25, 0.3) is 5.24 Å². The molecule has 0 saturated carbocycles. The van der Waals surface area contributed by atoms with E-state index in [9.17, 15) is 14.0 Å². The molecule has 2 heterocycles. The second kappa shape index (κ2) is 9.75. The SMILES string of the molecule is O=C1CSC(=O)N1[C@H](CCc1cccnc1)COc1ccc(-c2cccc(F)c2)cc1. The summed E-state index contributed by atoms with van der Waals surface area (Å²) in [5.41, 5.74) is 2.70. The van der Waals surface area contributed by atoms with Crippen LogP contribution in [0.25, 0.3) is 11.1 Å². The topological polar surface area (TPSA) is 59.5 Å². The number of pyridine rings is 1. The van der Waals surface area contributed by atoms with Gasteiger partial charge < -0.3 is 4.74 Å². The Labute approximate surface area is 184 Å². The van der Waals surface area contributed by atoms with Crippen molar-refractivity contribution in [2.45, 2.75) is 18.9 Å². The Bertz CT molecular complexity index is 1040. The Morgan fingerprint density at radius 1 is 1.06 bits per heavy atom. The molecule has 0 bridgehead atoms. The van der Waals surface area contributed by atoms with E-state index in [1.54, 1.807) is 30.6 Å². The van der Waals surface area contributed by atoms with Crippen molar-refractivity contribution in [1.29, 1.82) is 0 Å². The Morgan fingerprint density at radius 3 is 2.58 bits per heavy atom. The minimum absolute atomic E-state index is 0.171. The molecule has 158 valence electrons. The lowest BCUT2D eigenvalue weighted by atomic mass is 10.1. The Balaban J connectivity index is 1.44. The number of benzene rings is 2. The number of hydrogen-bond donors (Lipinski definition) is 0. The van der Waals surface area contributed by atoms with E-state index in [2.05, 4.69) is 4.98 Å². The lowest BCUT2D eigenvalue weighted by Gasteiger charge is -2.25. The maximum absolute atomic E-state index is 13.5. The van der Waals surface area contributed by atoms with Crippen molar-refractivity contribution < 1.29 is 18.7 Å². The fourth-order valence-electron chi connectivity index (χ4n) is 3.49. The molecule has 1 aliphatic rings. The summed E-state index contributed by atoms with van der Waals surface area (Å²) in [4.78, 5) is 29.9. The quantitative estimate of drug-likeness (QED) is 0.499. The molecular formula is C24H21FN2O3S. The zero-order valence-electron chi connectivity index (χ0n) is 16.7. The fourth-order valence-corrected chi connectivity index (χ4v) is 4.26. The number of aromatic nitrogens is 1.